The molecule has 3 nitrogen and oxygen atoms in total. The van der Waals surface area contributed by atoms with E-state index in [4.69, 9.17) is 5.73 Å². The maximum Gasteiger partial charge on any atom is 0.0107 e. The fourth-order valence-electron chi connectivity index (χ4n) is 2.19. The SMILES string of the molecule is CC1(CNCCN2CCC(N)CC2)CC1. The number of nitrogens with one attached hydrogen (secondary N) is 1. The Kier molecular flexibility index (Phi) is 3.65. The second kappa shape index (κ2) is 4.81. The lowest BCUT2D eigenvalue weighted by Crippen LogP contribution is -2.42. The van der Waals surface area contributed by atoms with Crippen LogP contribution in [0, 0.1) is 5.41 Å². The first kappa shape index (κ1) is 11.4. The fourth-order valence-corrected chi connectivity index (χ4v) is 2.19. The average Bonchev–Trinajstić information content (AvgIpc) is 2.95. The van der Waals surface area contributed by atoms with Crippen molar-refractivity contribution < 1.29 is 0 Å². The zero-order chi connectivity index (χ0) is 10.7. The molecule has 1 heterocycles. The van der Waals surface area contributed by atoms with Crippen molar-refractivity contribution in [3.63, 3.8) is 0 Å². The van der Waals surface area contributed by atoms with Gasteiger partial charge in [0, 0.05) is 25.7 Å². The van der Waals surface area contributed by atoms with E-state index in [0.717, 1.165) is 6.54 Å². The van der Waals surface area contributed by atoms with Crippen LogP contribution in [0.5, 0.6) is 0 Å². The summed E-state index contributed by atoms with van der Waals surface area (Å²) in [6.45, 7) is 8.31. The summed E-state index contributed by atoms with van der Waals surface area (Å²) in [6.07, 6.45) is 5.19. The minimum Gasteiger partial charge on any atom is -0.328 e. The monoisotopic (exact) mass is 211 g/mol. The maximum atomic E-state index is 5.87. The van der Waals surface area contributed by atoms with E-state index in [-0.39, 0.29) is 0 Å². The molecule has 0 unspecified atom stereocenters. The molecule has 0 amide bonds. The van der Waals surface area contributed by atoms with Gasteiger partial charge >= 0.3 is 0 Å². The molecule has 88 valence electrons. The third kappa shape index (κ3) is 3.74. The molecule has 1 aliphatic carbocycles. The molecule has 0 radical (unpaired) electrons. The Morgan fingerprint density at radius 2 is 2.00 bits per heavy atom. The summed E-state index contributed by atoms with van der Waals surface area (Å²) in [5.41, 5.74) is 6.52. The third-order valence-corrected chi connectivity index (χ3v) is 3.89. The van der Waals surface area contributed by atoms with E-state index in [1.165, 1.54) is 51.9 Å². The van der Waals surface area contributed by atoms with Gasteiger partial charge in [-0.05, 0) is 44.2 Å². The molecule has 1 saturated heterocycles. The van der Waals surface area contributed by atoms with E-state index in [0.29, 0.717) is 11.5 Å². The molecule has 2 rings (SSSR count). The van der Waals surface area contributed by atoms with Gasteiger partial charge in [0.25, 0.3) is 0 Å². The van der Waals surface area contributed by atoms with Crippen molar-refractivity contribution in [2.24, 2.45) is 11.1 Å². The van der Waals surface area contributed by atoms with Crippen molar-refractivity contribution in [3.05, 3.63) is 0 Å². The molecule has 2 aliphatic rings. The molecular weight excluding hydrogens is 186 g/mol. The molecule has 2 fully saturated rings. The Labute approximate surface area is 93.4 Å². The van der Waals surface area contributed by atoms with Gasteiger partial charge in [0.05, 0.1) is 0 Å². The molecule has 0 bridgehead atoms. The lowest BCUT2D eigenvalue weighted by Gasteiger charge is -2.30. The highest BCUT2D eigenvalue weighted by Gasteiger charge is 2.36. The summed E-state index contributed by atoms with van der Waals surface area (Å²) >= 11 is 0. The van der Waals surface area contributed by atoms with Gasteiger partial charge in [-0.1, -0.05) is 6.92 Å². The molecule has 3 heteroatoms. The van der Waals surface area contributed by atoms with Crippen LogP contribution in [0.3, 0.4) is 0 Å². The van der Waals surface area contributed by atoms with Gasteiger partial charge in [-0.2, -0.15) is 0 Å². The van der Waals surface area contributed by atoms with Crippen LogP contribution in [0.15, 0.2) is 0 Å². The number of hydrogen-bond donors (Lipinski definition) is 2. The number of nitrogens with zero attached hydrogens (tertiary/aromatic N) is 1. The van der Waals surface area contributed by atoms with Gasteiger partial charge in [0.1, 0.15) is 0 Å². The van der Waals surface area contributed by atoms with Crippen LogP contribution >= 0.6 is 0 Å². The molecule has 1 aliphatic heterocycles. The molecule has 0 atom stereocenters. The highest BCUT2D eigenvalue weighted by Crippen LogP contribution is 2.43. The molecule has 0 aromatic carbocycles. The van der Waals surface area contributed by atoms with Gasteiger partial charge in [0.15, 0.2) is 0 Å². The quantitative estimate of drug-likeness (QED) is 0.661. The van der Waals surface area contributed by atoms with Crippen molar-refractivity contribution in [1.82, 2.24) is 10.2 Å². The Balaban J connectivity index is 1.50. The van der Waals surface area contributed by atoms with E-state index in [9.17, 15) is 0 Å². The van der Waals surface area contributed by atoms with Crippen molar-refractivity contribution in [1.29, 1.82) is 0 Å². The number of hydrogen-bond acceptors (Lipinski definition) is 3. The zero-order valence-electron chi connectivity index (χ0n) is 9.97. The molecule has 0 aromatic heterocycles. The van der Waals surface area contributed by atoms with Crippen LogP contribution in [0.2, 0.25) is 0 Å². The third-order valence-electron chi connectivity index (χ3n) is 3.89. The van der Waals surface area contributed by atoms with Crippen LogP contribution in [0.25, 0.3) is 0 Å². The van der Waals surface area contributed by atoms with E-state index >= 15 is 0 Å². The first-order valence-corrected chi connectivity index (χ1v) is 6.37. The number of likely N-dealkylation sites (tertiary alicyclic amines) is 1. The highest BCUT2D eigenvalue weighted by atomic mass is 15.1. The van der Waals surface area contributed by atoms with Crippen molar-refractivity contribution in [3.8, 4) is 0 Å². The molecule has 1 saturated carbocycles. The Hall–Kier alpha value is -0.120. The lowest BCUT2D eigenvalue weighted by molar-refractivity contribution is 0.212. The van der Waals surface area contributed by atoms with Crippen LogP contribution in [-0.2, 0) is 0 Å². The average molecular weight is 211 g/mol. The Bertz CT molecular complexity index is 193. The van der Waals surface area contributed by atoms with Gasteiger partial charge in [-0.3, -0.25) is 0 Å². The highest BCUT2D eigenvalue weighted by molar-refractivity contribution is 4.90. The van der Waals surface area contributed by atoms with Crippen LogP contribution < -0.4 is 11.1 Å². The van der Waals surface area contributed by atoms with Crippen molar-refractivity contribution >= 4 is 0 Å². The first-order valence-electron chi connectivity index (χ1n) is 6.37. The summed E-state index contributed by atoms with van der Waals surface area (Å²) in [4.78, 5) is 2.53. The number of piperidine rings is 1. The molecule has 3 N–H and O–H groups in total. The summed E-state index contributed by atoms with van der Waals surface area (Å²) in [5.74, 6) is 0. The minimum absolute atomic E-state index is 0.458. The standard InChI is InChI=1S/C12H25N3/c1-12(4-5-12)10-14-6-9-15-7-2-11(13)3-8-15/h11,14H,2-10,13H2,1H3. The summed E-state index contributed by atoms with van der Waals surface area (Å²) in [6, 6.07) is 0.458. The fraction of sp³-hybridized carbons (Fsp3) is 1.00. The van der Waals surface area contributed by atoms with E-state index < -0.39 is 0 Å². The Morgan fingerprint density at radius 1 is 1.33 bits per heavy atom. The Morgan fingerprint density at radius 3 is 2.60 bits per heavy atom. The number of rotatable bonds is 5. The topological polar surface area (TPSA) is 41.3 Å². The van der Waals surface area contributed by atoms with Crippen molar-refractivity contribution in [2.45, 2.75) is 38.6 Å². The number of nitrogens with two attached hydrogens (primary N) is 1. The summed E-state index contributed by atoms with van der Waals surface area (Å²) < 4.78 is 0. The van der Waals surface area contributed by atoms with Crippen LogP contribution in [0.1, 0.15) is 32.6 Å². The molecule has 0 aromatic rings. The molecular formula is C12H25N3. The van der Waals surface area contributed by atoms with E-state index in [1.54, 1.807) is 0 Å². The van der Waals surface area contributed by atoms with Crippen LogP contribution in [-0.4, -0.2) is 43.7 Å². The summed E-state index contributed by atoms with van der Waals surface area (Å²) in [7, 11) is 0. The van der Waals surface area contributed by atoms with E-state index in [2.05, 4.69) is 17.1 Å². The maximum absolute atomic E-state index is 5.87. The van der Waals surface area contributed by atoms with Crippen LogP contribution in [0.4, 0.5) is 0 Å². The predicted molar refractivity (Wildman–Crippen MR) is 63.9 cm³/mol. The smallest absolute Gasteiger partial charge is 0.0107 e. The summed E-state index contributed by atoms with van der Waals surface area (Å²) in [5, 5.41) is 3.57. The first-order chi connectivity index (χ1) is 7.18. The normalized spacial score (nSPS) is 26.8. The second-order valence-electron chi connectivity index (χ2n) is 5.67. The molecule has 0 spiro atoms. The molecule has 15 heavy (non-hydrogen) atoms. The lowest BCUT2D eigenvalue weighted by atomic mass is 10.1. The van der Waals surface area contributed by atoms with Crippen molar-refractivity contribution in [2.75, 3.05) is 32.7 Å². The second-order valence-corrected chi connectivity index (χ2v) is 5.67. The van der Waals surface area contributed by atoms with Gasteiger partial charge in [-0.25, -0.2) is 0 Å². The van der Waals surface area contributed by atoms with Gasteiger partial charge in [-0.15, -0.1) is 0 Å². The zero-order valence-corrected chi connectivity index (χ0v) is 9.97. The predicted octanol–water partition coefficient (Wildman–Crippen LogP) is 0.799. The van der Waals surface area contributed by atoms with Gasteiger partial charge < -0.3 is 16.0 Å². The minimum atomic E-state index is 0.458. The largest absolute Gasteiger partial charge is 0.328 e. The van der Waals surface area contributed by atoms with Gasteiger partial charge in [0.2, 0.25) is 0 Å². The van der Waals surface area contributed by atoms with E-state index in [1.807, 2.05) is 0 Å².